The maximum Gasteiger partial charge on any atom is 0.427 e. The summed E-state index contributed by atoms with van der Waals surface area (Å²) >= 11 is 0.510. The van der Waals surface area contributed by atoms with E-state index in [1.807, 2.05) is 13.8 Å². The molecule has 0 aliphatic carbocycles. The van der Waals surface area contributed by atoms with Gasteiger partial charge < -0.3 is 0 Å². The van der Waals surface area contributed by atoms with Gasteiger partial charge in [-0.2, -0.15) is 17.5 Å². The standard InChI is InChI=1S/C7H8F3NS/c1-4(2)5-3-6(12-11-5)7(8,9)10/h3-4H,1-2H3. The SMILES string of the molecule is CC(C)c1cc(C(F)(F)F)sn1. The molecule has 0 aromatic carbocycles. The zero-order valence-corrected chi connectivity index (χ0v) is 7.46. The van der Waals surface area contributed by atoms with Gasteiger partial charge in [-0.3, -0.25) is 0 Å². The van der Waals surface area contributed by atoms with E-state index in [0.717, 1.165) is 6.07 Å². The molecular weight excluding hydrogens is 187 g/mol. The Bertz CT molecular complexity index is 264. The summed E-state index contributed by atoms with van der Waals surface area (Å²) in [6, 6.07) is 1.11. The van der Waals surface area contributed by atoms with Gasteiger partial charge in [-0.1, -0.05) is 13.8 Å². The minimum atomic E-state index is -4.25. The lowest BCUT2D eigenvalue weighted by Crippen LogP contribution is -2.00. The molecule has 1 aromatic heterocycles. The zero-order valence-electron chi connectivity index (χ0n) is 6.64. The summed E-state index contributed by atoms with van der Waals surface area (Å²) in [5.41, 5.74) is 0.507. The Balaban J connectivity index is 2.92. The van der Waals surface area contributed by atoms with E-state index in [1.165, 1.54) is 0 Å². The van der Waals surface area contributed by atoms with Crippen molar-refractivity contribution in [2.45, 2.75) is 25.9 Å². The van der Waals surface area contributed by atoms with Crippen molar-refractivity contribution in [2.75, 3.05) is 0 Å². The van der Waals surface area contributed by atoms with Crippen LogP contribution in [0.25, 0.3) is 0 Å². The minimum absolute atomic E-state index is 0.0531. The third-order valence-electron chi connectivity index (χ3n) is 1.40. The quantitative estimate of drug-likeness (QED) is 0.670. The van der Waals surface area contributed by atoms with Crippen LogP contribution >= 0.6 is 11.5 Å². The Morgan fingerprint density at radius 2 is 2.00 bits per heavy atom. The molecule has 0 bridgehead atoms. The Labute approximate surface area is 72.4 Å². The van der Waals surface area contributed by atoms with Crippen LogP contribution < -0.4 is 0 Å². The molecule has 5 heteroatoms. The Hall–Kier alpha value is -0.580. The molecule has 12 heavy (non-hydrogen) atoms. The first-order chi connectivity index (χ1) is 5.41. The molecule has 0 radical (unpaired) electrons. The normalized spacial score (nSPS) is 12.5. The fourth-order valence-electron chi connectivity index (χ4n) is 0.695. The molecule has 0 fully saturated rings. The van der Waals surface area contributed by atoms with Gasteiger partial charge in [-0.15, -0.1) is 0 Å². The van der Waals surface area contributed by atoms with Crippen LogP contribution in [0, 0.1) is 0 Å². The predicted octanol–water partition coefficient (Wildman–Crippen LogP) is 3.29. The number of nitrogens with zero attached hydrogens (tertiary/aromatic N) is 1. The highest BCUT2D eigenvalue weighted by molar-refractivity contribution is 7.05. The first kappa shape index (κ1) is 9.51. The number of aromatic nitrogens is 1. The summed E-state index contributed by atoms with van der Waals surface area (Å²) in [5.74, 6) is 0.0531. The molecule has 0 amide bonds. The van der Waals surface area contributed by atoms with Gasteiger partial charge in [-0.25, -0.2) is 0 Å². The Kier molecular flexibility index (Phi) is 2.41. The summed E-state index contributed by atoms with van der Waals surface area (Å²) < 4.78 is 39.8. The molecule has 0 aliphatic rings. The molecule has 0 spiro atoms. The second-order valence-electron chi connectivity index (χ2n) is 2.77. The number of alkyl halides is 3. The zero-order chi connectivity index (χ0) is 9.35. The van der Waals surface area contributed by atoms with Gasteiger partial charge in [0.2, 0.25) is 0 Å². The Morgan fingerprint density at radius 3 is 2.25 bits per heavy atom. The first-order valence-corrected chi connectivity index (χ1v) is 4.22. The average molecular weight is 195 g/mol. The van der Waals surface area contributed by atoms with E-state index in [-0.39, 0.29) is 5.92 Å². The van der Waals surface area contributed by atoms with E-state index >= 15 is 0 Å². The lowest BCUT2D eigenvalue weighted by molar-refractivity contribution is -0.134. The highest BCUT2D eigenvalue weighted by atomic mass is 32.1. The van der Waals surface area contributed by atoms with Crippen molar-refractivity contribution in [1.29, 1.82) is 0 Å². The smallest absolute Gasteiger partial charge is 0.197 e. The molecule has 0 unspecified atom stereocenters. The molecule has 1 aromatic rings. The van der Waals surface area contributed by atoms with Gasteiger partial charge >= 0.3 is 6.18 Å². The highest BCUT2D eigenvalue weighted by Crippen LogP contribution is 2.33. The van der Waals surface area contributed by atoms with Crippen molar-refractivity contribution in [3.63, 3.8) is 0 Å². The summed E-state index contributed by atoms with van der Waals surface area (Å²) in [7, 11) is 0. The van der Waals surface area contributed by atoms with Crippen molar-refractivity contribution in [3.8, 4) is 0 Å². The largest absolute Gasteiger partial charge is 0.427 e. The first-order valence-electron chi connectivity index (χ1n) is 3.45. The van der Waals surface area contributed by atoms with Gasteiger partial charge in [0.05, 0.1) is 5.69 Å². The molecule has 0 saturated heterocycles. The van der Waals surface area contributed by atoms with Gasteiger partial charge in [0.25, 0.3) is 0 Å². The number of hydrogen-bond acceptors (Lipinski definition) is 2. The topological polar surface area (TPSA) is 12.9 Å². The van der Waals surface area contributed by atoms with Gasteiger partial charge in [-0.05, 0) is 23.5 Å². The van der Waals surface area contributed by atoms with Crippen molar-refractivity contribution in [3.05, 3.63) is 16.6 Å². The van der Waals surface area contributed by atoms with Gasteiger partial charge in [0.1, 0.15) is 4.88 Å². The lowest BCUT2D eigenvalue weighted by atomic mass is 10.1. The van der Waals surface area contributed by atoms with Crippen molar-refractivity contribution in [1.82, 2.24) is 4.37 Å². The van der Waals surface area contributed by atoms with Crippen LogP contribution in [0.15, 0.2) is 6.07 Å². The van der Waals surface area contributed by atoms with E-state index in [4.69, 9.17) is 0 Å². The molecule has 0 atom stereocenters. The monoisotopic (exact) mass is 195 g/mol. The molecule has 0 N–H and O–H groups in total. The number of rotatable bonds is 1. The lowest BCUT2D eigenvalue weighted by Gasteiger charge is -2.00. The van der Waals surface area contributed by atoms with Crippen molar-refractivity contribution >= 4 is 11.5 Å². The molecular formula is C7H8F3NS. The third-order valence-corrected chi connectivity index (χ3v) is 2.25. The maximum atomic E-state index is 12.0. The fourth-order valence-corrected chi connectivity index (χ4v) is 1.44. The van der Waals surface area contributed by atoms with Crippen LogP contribution in [0.3, 0.4) is 0 Å². The van der Waals surface area contributed by atoms with Crippen LogP contribution in [-0.4, -0.2) is 4.37 Å². The van der Waals surface area contributed by atoms with E-state index in [9.17, 15) is 13.2 Å². The van der Waals surface area contributed by atoms with Crippen molar-refractivity contribution < 1.29 is 13.2 Å². The summed E-state index contributed by atoms with van der Waals surface area (Å²) in [6.07, 6.45) is -4.25. The van der Waals surface area contributed by atoms with Crippen LogP contribution in [-0.2, 0) is 6.18 Å². The van der Waals surface area contributed by atoms with E-state index in [0.29, 0.717) is 17.2 Å². The van der Waals surface area contributed by atoms with Crippen LogP contribution in [0.1, 0.15) is 30.3 Å². The van der Waals surface area contributed by atoms with E-state index < -0.39 is 11.1 Å². The summed E-state index contributed by atoms with van der Waals surface area (Å²) in [4.78, 5) is -0.619. The minimum Gasteiger partial charge on any atom is -0.197 e. The van der Waals surface area contributed by atoms with E-state index in [1.54, 1.807) is 0 Å². The molecule has 1 rings (SSSR count). The number of halogens is 3. The molecule has 1 nitrogen and oxygen atoms in total. The third kappa shape index (κ3) is 1.97. The second-order valence-corrected chi connectivity index (χ2v) is 3.57. The molecule has 1 heterocycles. The maximum absolute atomic E-state index is 12.0. The van der Waals surface area contributed by atoms with Crippen LogP contribution in [0.5, 0.6) is 0 Å². The highest BCUT2D eigenvalue weighted by Gasteiger charge is 2.33. The van der Waals surface area contributed by atoms with Crippen LogP contribution in [0.2, 0.25) is 0 Å². The Morgan fingerprint density at radius 1 is 1.42 bits per heavy atom. The predicted molar refractivity (Wildman–Crippen MR) is 41.2 cm³/mol. The fraction of sp³-hybridized carbons (Fsp3) is 0.571. The van der Waals surface area contributed by atoms with Crippen molar-refractivity contribution in [2.24, 2.45) is 0 Å². The van der Waals surface area contributed by atoms with Crippen LogP contribution in [0.4, 0.5) is 13.2 Å². The summed E-state index contributed by atoms with van der Waals surface area (Å²) in [5, 5.41) is 0. The number of hydrogen-bond donors (Lipinski definition) is 0. The average Bonchev–Trinajstić information content (AvgIpc) is 2.30. The molecule has 0 aliphatic heterocycles. The second kappa shape index (κ2) is 3.05. The van der Waals surface area contributed by atoms with E-state index in [2.05, 4.69) is 4.37 Å². The molecule has 0 saturated carbocycles. The van der Waals surface area contributed by atoms with Gasteiger partial charge in [0, 0.05) is 0 Å². The summed E-state index contributed by atoms with van der Waals surface area (Å²) in [6.45, 7) is 3.63. The molecule has 68 valence electrons. The van der Waals surface area contributed by atoms with Gasteiger partial charge in [0.15, 0.2) is 0 Å².